The van der Waals surface area contributed by atoms with Crippen LogP contribution >= 0.6 is 0 Å². The molecule has 0 bridgehead atoms. The number of carbonyl (C=O) groups is 2. The van der Waals surface area contributed by atoms with E-state index < -0.39 is 0 Å². The van der Waals surface area contributed by atoms with Crippen molar-refractivity contribution in [1.29, 1.82) is 0 Å². The molecule has 1 fully saturated rings. The molecule has 4 heterocycles. The van der Waals surface area contributed by atoms with Crippen LogP contribution in [0.3, 0.4) is 0 Å². The monoisotopic (exact) mass is 496 g/mol. The Balaban J connectivity index is 1.53. The molecular formula is C28H28N6O3. The Morgan fingerprint density at radius 3 is 2.70 bits per heavy atom. The number of likely N-dealkylation sites (tertiary alicyclic amines) is 1. The predicted octanol–water partition coefficient (Wildman–Crippen LogP) is 4.25. The summed E-state index contributed by atoms with van der Waals surface area (Å²) < 4.78 is 7.95. The number of aromatic nitrogens is 4. The van der Waals surface area contributed by atoms with Crippen molar-refractivity contribution in [2.45, 2.75) is 26.2 Å². The molecule has 0 aliphatic carbocycles. The van der Waals surface area contributed by atoms with E-state index in [0.717, 1.165) is 34.7 Å². The average molecular weight is 497 g/mol. The number of ether oxygens (including phenoxy) is 1. The molecule has 9 heteroatoms. The van der Waals surface area contributed by atoms with Gasteiger partial charge >= 0.3 is 0 Å². The Hall–Kier alpha value is -4.53. The van der Waals surface area contributed by atoms with E-state index in [-0.39, 0.29) is 17.7 Å². The third-order valence-corrected chi connectivity index (χ3v) is 6.49. The quantitative estimate of drug-likeness (QED) is 0.384. The number of carbonyl (C=O) groups excluding carboxylic acids is 2. The normalized spacial score (nSPS) is 15.1. The highest BCUT2D eigenvalue weighted by Gasteiger charge is 2.31. The van der Waals surface area contributed by atoms with Gasteiger partial charge in [-0.1, -0.05) is 24.8 Å². The summed E-state index contributed by atoms with van der Waals surface area (Å²) in [6, 6.07) is 12.7. The van der Waals surface area contributed by atoms with Gasteiger partial charge < -0.3 is 15.0 Å². The number of benzene rings is 1. The van der Waals surface area contributed by atoms with Crippen LogP contribution in [0.4, 0.5) is 5.82 Å². The predicted molar refractivity (Wildman–Crippen MR) is 141 cm³/mol. The summed E-state index contributed by atoms with van der Waals surface area (Å²) in [6.45, 7) is 9.18. The molecule has 188 valence electrons. The molecule has 1 aliphatic heterocycles. The van der Waals surface area contributed by atoms with Gasteiger partial charge in [0.25, 0.3) is 5.91 Å². The molecule has 1 atom stereocenters. The van der Waals surface area contributed by atoms with Crippen LogP contribution in [0.1, 0.15) is 41.1 Å². The number of hydrogen-bond acceptors (Lipinski definition) is 6. The first-order valence-corrected chi connectivity index (χ1v) is 12.2. The SMILES string of the molecule is C=CC(=O)N1CC[C@@H](c2nc(-c3ccc(C(=O)Nc4ccccn4)cc3)c3c(C)ncc(OCC)n23)C1. The summed E-state index contributed by atoms with van der Waals surface area (Å²) in [7, 11) is 0. The molecule has 1 saturated heterocycles. The van der Waals surface area contributed by atoms with Gasteiger partial charge in [0.15, 0.2) is 0 Å². The minimum Gasteiger partial charge on any atom is -0.478 e. The summed E-state index contributed by atoms with van der Waals surface area (Å²) in [6.07, 6.45) is 5.48. The molecule has 0 radical (unpaired) electrons. The molecule has 0 saturated carbocycles. The first-order chi connectivity index (χ1) is 18.0. The fourth-order valence-electron chi connectivity index (χ4n) is 4.69. The number of fused-ring (bicyclic) bond motifs is 1. The molecule has 3 aromatic heterocycles. The number of aryl methyl sites for hydroxylation is 1. The topological polar surface area (TPSA) is 102 Å². The molecule has 1 aromatic carbocycles. The lowest BCUT2D eigenvalue weighted by Gasteiger charge is -2.15. The van der Waals surface area contributed by atoms with E-state index in [1.165, 1.54) is 6.08 Å². The minimum atomic E-state index is -0.241. The van der Waals surface area contributed by atoms with Crippen molar-refractivity contribution in [2.75, 3.05) is 25.0 Å². The van der Waals surface area contributed by atoms with Crippen molar-refractivity contribution < 1.29 is 14.3 Å². The molecule has 2 amide bonds. The lowest BCUT2D eigenvalue weighted by atomic mass is 10.1. The third kappa shape index (κ3) is 4.67. The van der Waals surface area contributed by atoms with Crippen molar-refractivity contribution >= 4 is 23.1 Å². The fourth-order valence-corrected chi connectivity index (χ4v) is 4.69. The Labute approximate surface area is 214 Å². The summed E-state index contributed by atoms with van der Waals surface area (Å²) in [5.74, 6) is 1.65. The number of nitrogens with zero attached hydrogens (tertiary/aromatic N) is 5. The number of anilines is 1. The molecule has 4 aromatic rings. The Bertz CT molecular complexity index is 1460. The Morgan fingerprint density at radius 2 is 2.00 bits per heavy atom. The third-order valence-electron chi connectivity index (χ3n) is 6.49. The van der Waals surface area contributed by atoms with Crippen LogP contribution in [0.5, 0.6) is 5.88 Å². The van der Waals surface area contributed by atoms with Crippen LogP contribution in [0.2, 0.25) is 0 Å². The van der Waals surface area contributed by atoms with Crippen LogP contribution in [0.25, 0.3) is 16.8 Å². The zero-order valence-corrected chi connectivity index (χ0v) is 20.8. The minimum absolute atomic E-state index is 0.0366. The maximum absolute atomic E-state index is 12.7. The maximum atomic E-state index is 12.7. The van der Waals surface area contributed by atoms with Gasteiger partial charge in [-0.05, 0) is 50.6 Å². The van der Waals surface area contributed by atoms with Crippen LogP contribution in [-0.4, -0.2) is 55.8 Å². The number of imidazole rings is 1. The maximum Gasteiger partial charge on any atom is 0.256 e. The summed E-state index contributed by atoms with van der Waals surface area (Å²) >= 11 is 0. The second-order valence-corrected chi connectivity index (χ2v) is 8.84. The van der Waals surface area contributed by atoms with Crippen molar-refractivity contribution in [2.24, 2.45) is 0 Å². The lowest BCUT2D eigenvalue weighted by molar-refractivity contribution is -0.125. The van der Waals surface area contributed by atoms with E-state index in [1.807, 2.05) is 36.4 Å². The second kappa shape index (κ2) is 10.2. The summed E-state index contributed by atoms with van der Waals surface area (Å²) in [5.41, 5.74) is 3.78. The number of rotatable bonds is 7. The molecule has 1 N–H and O–H groups in total. The molecule has 5 rings (SSSR count). The number of hydrogen-bond donors (Lipinski definition) is 1. The van der Waals surface area contributed by atoms with Crippen molar-refractivity contribution in [3.63, 3.8) is 0 Å². The molecule has 37 heavy (non-hydrogen) atoms. The van der Waals surface area contributed by atoms with Gasteiger partial charge in [0.1, 0.15) is 11.6 Å². The second-order valence-electron chi connectivity index (χ2n) is 8.84. The standard InChI is InChI=1S/C28H28N6O3/c1-4-23(35)33-15-13-21(17-33)27-32-25(26-18(3)30-16-24(34(26)27)37-5-2)19-9-11-20(12-10-19)28(36)31-22-8-6-7-14-29-22/h4,6-12,14,16,21H,1,5,13,15,17H2,2-3H3,(H,29,31,36)/t21-/m1/s1. The van der Waals surface area contributed by atoms with Crippen molar-refractivity contribution in [3.8, 4) is 17.1 Å². The first-order valence-electron chi connectivity index (χ1n) is 12.2. The average Bonchev–Trinajstić information content (AvgIpc) is 3.57. The Morgan fingerprint density at radius 1 is 1.19 bits per heavy atom. The summed E-state index contributed by atoms with van der Waals surface area (Å²) in [4.78, 5) is 40.5. The van der Waals surface area contributed by atoms with E-state index >= 15 is 0 Å². The van der Waals surface area contributed by atoms with E-state index in [4.69, 9.17) is 9.72 Å². The highest BCUT2D eigenvalue weighted by molar-refractivity contribution is 6.04. The van der Waals surface area contributed by atoms with E-state index in [9.17, 15) is 9.59 Å². The molecule has 9 nitrogen and oxygen atoms in total. The van der Waals surface area contributed by atoms with Gasteiger partial charge in [-0.3, -0.25) is 19.0 Å². The van der Waals surface area contributed by atoms with Crippen LogP contribution in [-0.2, 0) is 4.79 Å². The zero-order valence-electron chi connectivity index (χ0n) is 20.8. The molecule has 0 unspecified atom stereocenters. The van der Waals surface area contributed by atoms with Gasteiger partial charge in [-0.15, -0.1) is 0 Å². The van der Waals surface area contributed by atoms with Gasteiger partial charge in [0.2, 0.25) is 11.8 Å². The van der Waals surface area contributed by atoms with E-state index in [2.05, 4.69) is 21.9 Å². The summed E-state index contributed by atoms with van der Waals surface area (Å²) in [5, 5.41) is 2.80. The van der Waals surface area contributed by atoms with Crippen molar-refractivity contribution in [3.05, 3.63) is 84.6 Å². The molecule has 0 spiro atoms. The van der Waals surface area contributed by atoms with Crippen molar-refractivity contribution in [1.82, 2.24) is 24.3 Å². The van der Waals surface area contributed by atoms with Crippen LogP contribution in [0, 0.1) is 6.92 Å². The van der Waals surface area contributed by atoms with Gasteiger partial charge in [0, 0.05) is 36.3 Å². The number of pyridine rings is 1. The van der Waals surface area contributed by atoms with Crippen LogP contribution in [0.15, 0.2) is 67.5 Å². The van der Waals surface area contributed by atoms with Crippen LogP contribution < -0.4 is 10.1 Å². The van der Waals surface area contributed by atoms with Gasteiger partial charge in [-0.2, -0.15) is 0 Å². The largest absolute Gasteiger partial charge is 0.478 e. The van der Waals surface area contributed by atoms with E-state index in [0.29, 0.717) is 37.0 Å². The van der Waals surface area contributed by atoms with E-state index in [1.54, 1.807) is 41.6 Å². The van der Waals surface area contributed by atoms with Gasteiger partial charge in [0.05, 0.1) is 29.7 Å². The first kappa shape index (κ1) is 24.2. The Kier molecular flexibility index (Phi) is 6.68. The zero-order chi connectivity index (χ0) is 25.9. The molecular weight excluding hydrogens is 468 g/mol. The lowest BCUT2D eigenvalue weighted by Crippen LogP contribution is -2.26. The smallest absolute Gasteiger partial charge is 0.256 e. The highest BCUT2D eigenvalue weighted by Crippen LogP contribution is 2.36. The fraction of sp³-hybridized carbons (Fsp3) is 0.250. The highest BCUT2D eigenvalue weighted by atomic mass is 16.5. The molecule has 1 aliphatic rings. The van der Waals surface area contributed by atoms with Gasteiger partial charge in [-0.25, -0.2) is 9.97 Å². The number of nitrogens with one attached hydrogen (secondary N) is 1. The number of amides is 2.